The Labute approximate surface area is 67.7 Å². The van der Waals surface area contributed by atoms with Crippen molar-refractivity contribution in [2.24, 2.45) is 0 Å². The first-order chi connectivity index (χ1) is 5.19. The number of carbonyl (C=O) groups excluding carboxylic acids is 1. The maximum absolute atomic E-state index is 11.4. The van der Waals surface area contributed by atoms with Gasteiger partial charge in [0, 0.05) is 6.42 Å². The molecule has 0 amide bonds. The lowest BCUT2D eigenvalue weighted by atomic mass is 9.93. The van der Waals surface area contributed by atoms with Crippen LogP contribution in [-0.2, 0) is 4.79 Å². The average Bonchev–Trinajstić information content (AvgIpc) is 2.38. The third-order valence-corrected chi connectivity index (χ3v) is 2.31. The molecular weight excluding hydrogens is 138 g/mol. The summed E-state index contributed by atoms with van der Waals surface area (Å²) >= 11 is 0. The summed E-state index contributed by atoms with van der Waals surface area (Å²) < 4.78 is 0. The molecule has 0 radical (unpaired) electrons. The van der Waals surface area contributed by atoms with Gasteiger partial charge in [0.1, 0.15) is 0 Å². The molecule has 0 aromatic rings. The monoisotopic (exact) mass is 153 g/mol. The van der Waals surface area contributed by atoms with Crippen molar-refractivity contribution in [1.82, 2.24) is 5.32 Å². The van der Waals surface area contributed by atoms with Crippen molar-refractivity contribution in [3.8, 4) is 0 Å². The molecule has 1 aliphatic rings. The molecule has 0 saturated carbocycles. The molecule has 1 aliphatic heterocycles. The first-order valence-electron chi connectivity index (χ1n) is 4.08. The maximum Gasteiger partial charge on any atom is 0.156 e. The van der Waals surface area contributed by atoms with Crippen LogP contribution >= 0.6 is 0 Å². The van der Waals surface area contributed by atoms with E-state index < -0.39 is 0 Å². The lowest BCUT2D eigenvalue weighted by Crippen LogP contribution is -2.44. The quantitative estimate of drug-likeness (QED) is 0.619. The summed E-state index contributed by atoms with van der Waals surface area (Å²) in [7, 11) is 0. The Morgan fingerprint density at radius 1 is 1.82 bits per heavy atom. The van der Waals surface area contributed by atoms with E-state index in [2.05, 4.69) is 11.9 Å². The van der Waals surface area contributed by atoms with Crippen molar-refractivity contribution in [2.45, 2.75) is 31.7 Å². The van der Waals surface area contributed by atoms with Gasteiger partial charge in [0.25, 0.3) is 0 Å². The smallest absolute Gasteiger partial charge is 0.156 e. The highest BCUT2D eigenvalue weighted by atomic mass is 16.1. The van der Waals surface area contributed by atoms with Crippen LogP contribution in [0, 0.1) is 0 Å². The van der Waals surface area contributed by atoms with E-state index in [0.717, 1.165) is 19.4 Å². The first kappa shape index (κ1) is 8.47. The van der Waals surface area contributed by atoms with Crippen molar-refractivity contribution in [3.63, 3.8) is 0 Å². The fourth-order valence-corrected chi connectivity index (χ4v) is 1.49. The molecule has 11 heavy (non-hydrogen) atoms. The van der Waals surface area contributed by atoms with Gasteiger partial charge in [0.15, 0.2) is 5.78 Å². The predicted molar refractivity (Wildman–Crippen MR) is 45.5 cm³/mol. The van der Waals surface area contributed by atoms with Crippen molar-refractivity contribution >= 4 is 5.78 Å². The lowest BCUT2D eigenvalue weighted by Gasteiger charge is -2.21. The minimum absolute atomic E-state index is 0.256. The second-order valence-electron chi connectivity index (χ2n) is 3.28. The summed E-state index contributed by atoms with van der Waals surface area (Å²) in [5, 5.41) is 3.22. The Balaban J connectivity index is 2.55. The van der Waals surface area contributed by atoms with Gasteiger partial charge in [0.05, 0.1) is 5.54 Å². The fraction of sp³-hybridized carbons (Fsp3) is 0.667. The molecule has 0 spiro atoms. The van der Waals surface area contributed by atoms with Crippen molar-refractivity contribution in [3.05, 3.63) is 12.7 Å². The van der Waals surface area contributed by atoms with Crippen LogP contribution in [0.25, 0.3) is 0 Å². The van der Waals surface area contributed by atoms with E-state index in [1.807, 2.05) is 6.92 Å². The number of carbonyl (C=O) groups is 1. The van der Waals surface area contributed by atoms with Gasteiger partial charge in [-0.2, -0.15) is 0 Å². The van der Waals surface area contributed by atoms with Crippen LogP contribution in [0.3, 0.4) is 0 Å². The molecule has 2 nitrogen and oxygen atoms in total. The summed E-state index contributed by atoms with van der Waals surface area (Å²) in [5.74, 6) is 0.269. The van der Waals surface area contributed by atoms with Crippen LogP contribution in [-0.4, -0.2) is 17.9 Å². The number of hydrogen-bond acceptors (Lipinski definition) is 2. The fourth-order valence-electron chi connectivity index (χ4n) is 1.49. The standard InChI is InChI=1S/C9H15NO/c1-3-5-8(11)9(2)6-4-7-10-9/h3,10H,1,4-7H2,2H3. The van der Waals surface area contributed by atoms with Crippen LogP contribution in [0.2, 0.25) is 0 Å². The summed E-state index contributed by atoms with van der Waals surface area (Å²) in [4.78, 5) is 11.4. The van der Waals surface area contributed by atoms with Gasteiger partial charge in [-0.3, -0.25) is 4.79 Å². The zero-order chi connectivity index (χ0) is 8.32. The second-order valence-corrected chi connectivity index (χ2v) is 3.28. The zero-order valence-corrected chi connectivity index (χ0v) is 7.02. The van der Waals surface area contributed by atoms with Gasteiger partial charge in [-0.25, -0.2) is 0 Å². The van der Waals surface area contributed by atoms with Crippen LogP contribution in [0.5, 0.6) is 0 Å². The van der Waals surface area contributed by atoms with Crippen molar-refractivity contribution in [2.75, 3.05) is 6.54 Å². The molecule has 1 N–H and O–H groups in total. The SMILES string of the molecule is C=CCC(=O)C1(C)CCCN1. The summed E-state index contributed by atoms with van der Waals surface area (Å²) in [6.07, 6.45) is 4.25. The van der Waals surface area contributed by atoms with E-state index >= 15 is 0 Å². The van der Waals surface area contributed by atoms with Gasteiger partial charge in [-0.15, -0.1) is 6.58 Å². The van der Waals surface area contributed by atoms with Gasteiger partial charge >= 0.3 is 0 Å². The lowest BCUT2D eigenvalue weighted by molar-refractivity contribution is -0.123. The summed E-state index contributed by atoms with van der Waals surface area (Å²) in [6, 6.07) is 0. The molecule has 1 saturated heterocycles. The molecule has 1 unspecified atom stereocenters. The van der Waals surface area contributed by atoms with E-state index in [0.29, 0.717) is 6.42 Å². The minimum atomic E-state index is -0.256. The van der Waals surface area contributed by atoms with Crippen molar-refractivity contribution in [1.29, 1.82) is 0 Å². The summed E-state index contributed by atoms with van der Waals surface area (Å²) in [6.45, 7) is 6.50. The largest absolute Gasteiger partial charge is 0.305 e. The summed E-state index contributed by atoms with van der Waals surface area (Å²) in [5.41, 5.74) is -0.256. The third-order valence-electron chi connectivity index (χ3n) is 2.31. The van der Waals surface area contributed by atoms with Gasteiger partial charge in [-0.05, 0) is 26.3 Å². The average molecular weight is 153 g/mol. The number of allylic oxidation sites excluding steroid dienone is 1. The van der Waals surface area contributed by atoms with E-state index in [-0.39, 0.29) is 11.3 Å². The van der Waals surface area contributed by atoms with Gasteiger partial charge in [0.2, 0.25) is 0 Å². The Morgan fingerprint density at radius 3 is 3.00 bits per heavy atom. The third kappa shape index (κ3) is 1.69. The Hall–Kier alpha value is -0.630. The number of rotatable bonds is 3. The van der Waals surface area contributed by atoms with Gasteiger partial charge in [-0.1, -0.05) is 6.08 Å². The number of ketones is 1. The van der Waals surface area contributed by atoms with Crippen LogP contribution in [0.4, 0.5) is 0 Å². The molecule has 62 valence electrons. The maximum atomic E-state index is 11.4. The molecule has 1 rings (SSSR count). The molecule has 1 atom stereocenters. The zero-order valence-electron chi connectivity index (χ0n) is 7.02. The molecule has 0 aromatic heterocycles. The van der Waals surface area contributed by atoms with Crippen LogP contribution < -0.4 is 5.32 Å². The number of nitrogens with one attached hydrogen (secondary N) is 1. The molecule has 1 fully saturated rings. The van der Waals surface area contributed by atoms with Crippen LogP contribution in [0.1, 0.15) is 26.2 Å². The Bertz CT molecular complexity index is 168. The molecule has 1 heterocycles. The molecule has 2 heteroatoms. The molecule has 0 aliphatic carbocycles. The number of hydrogen-bond donors (Lipinski definition) is 1. The first-order valence-corrected chi connectivity index (χ1v) is 4.08. The van der Waals surface area contributed by atoms with Gasteiger partial charge < -0.3 is 5.32 Å². The minimum Gasteiger partial charge on any atom is -0.305 e. The number of Topliss-reactive ketones (excluding diaryl/α,β-unsaturated/α-hetero) is 1. The topological polar surface area (TPSA) is 29.1 Å². The highest BCUT2D eigenvalue weighted by Gasteiger charge is 2.34. The second kappa shape index (κ2) is 3.18. The Kier molecular flexibility index (Phi) is 2.45. The van der Waals surface area contributed by atoms with E-state index in [1.54, 1.807) is 6.08 Å². The van der Waals surface area contributed by atoms with Crippen molar-refractivity contribution < 1.29 is 4.79 Å². The highest BCUT2D eigenvalue weighted by Crippen LogP contribution is 2.20. The normalized spacial score (nSPS) is 30.3. The predicted octanol–water partition coefficient (Wildman–Crippen LogP) is 1.27. The highest BCUT2D eigenvalue weighted by molar-refractivity contribution is 5.89. The molecule has 0 bridgehead atoms. The molecular formula is C9H15NO. The van der Waals surface area contributed by atoms with E-state index in [9.17, 15) is 4.79 Å². The van der Waals surface area contributed by atoms with E-state index in [1.165, 1.54) is 0 Å². The Morgan fingerprint density at radius 2 is 2.55 bits per heavy atom. The van der Waals surface area contributed by atoms with E-state index in [4.69, 9.17) is 0 Å². The molecule has 0 aromatic carbocycles. The van der Waals surface area contributed by atoms with Crippen LogP contribution in [0.15, 0.2) is 12.7 Å².